The minimum atomic E-state index is -3.15. The molecule has 3 rings (SSSR count). The number of likely N-dealkylation sites (tertiary alicyclic amines) is 1. The van der Waals surface area contributed by atoms with Gasteiger partial charge in [-0.05, 0) is 70.6 Å². The van der Waals surface area contributed by atoms with Gasteiger partial charge in [0, 0.05) is 31.9 Å². The fourth-order valence-corrected chi connectivity index (χ4v) is 6.26. The second kappa shape index (κ2) is 9.72. The maximum absolute atomic E-state index is 12.9. The lowest BCUT2D eigenvalue weighted by atomic mass is 9.88. The predicted octanol–water partition coefficient (Wildman–Crippen LogP) is 3.54. The first-order chi connectivity index (χ1) is 14.9. The Balaban J connectivity index is 1.54. The topological polar surface area (TPSA) is 66.9 Å². The molecule has 0 aromatic heterocycles. The Morgan fingerprint density at radius 3 is 2.16 bits per heavy atom. The van der Waals surface area contributed by atoms with Crippen molar-refractivity contribution in [2.45, 2.75) is 71.3 Å². The zero-order chi connectivity index (χ0) is 23.7. The molecule has 0 saturated carbocycles. The first kappa shape index (κ1) is 25.0. The van der Waals surface area contributed by atoms with Crippen LogP contribution in [-0.4, -0.2) is 68.1 Å². The Bertz CT molecular complexity index is 882. The number of rotatable bonds is 5. The highest BCUT2D eigenvalue weighted by Crippen LogP contribution is 2.29. The van der Waals surface area contributed by atoms with E-state index < -0.39 is 14.6 Å². The number of benzene rings is 1. The Kier molecular flexibility index (Phi) is 7.60. The molecule has 7 heteroatoms. The summed E-state index contributed by atoms with van der Waals surface area (Å²) in [4.78, 5) is 17.2. The summed E-state index contributed by atoms with van der Waals surface area (Å²) in [7, 11) is -3.15. The van der Waals surface area contributed by atoms with Crippen molar-refractivity contribution in [2.24, 2.45) is 11.8 Å². The van der Waals surface area contributed by atoms with Crippen LogP contribution in [0.15, 0.2) is 24.3 Å². The van der Waals surface area contributed by atoms with Crippen molar-refractivity contribution in [3.63, 3.8) is 0 Å². The van der Waals surface area contributed by atoms with Crippen LogP contribution in [0.25, 0.3) is 0 Å². The van der Waals surface area contributed by atoms with Crippen LogP contribution in [0.3, 0.4) is 0 Å². The van der Waals surface area contributed by atoms with Crippen LogP contribution in [0.5, 0.6) is 0 Å². The van der Waals surface area contributed by atoms with Crippen LogP contribution in [0.1, 0.15) is 53.5 Å². The summed E-state index contributed by atoms with van der Waals surface area (Å²) >= 11 is 0. The van der Waals surface area contributed by atoms with Crippen molar-refractivity contribution in [2.75, 3.05) is 36.8 Å². The molecule has 1 aromatic rings. The summed E-state index contributed by atoms with van der Waals surface area (Å²) in [6.07, 6.45) is 1.55. The van der Waals surface area contributed by atoms with Gasteiger partial charge in [0.05, 0.1) is 29.1 Å². The number of ether oxygens (including phenoxy) is 1. The molecule has 2 unspecified atom stereocenters. The lowest BCUT2D eigenvalue weighted by Gasteiger charge is -2.38. The van der Waals surface area contributed by atoms with Crippen LogP contribution >= 0.6 is 0 Å². The third-order valence-corrected chi connectivity index (χ3v) is 9.61. The molecular weight excluding hydrogens is 424 g/mol. The Morgan fingerprint density at radius 2 is 1.62 bits per heavy atom. The van der Waals surface area contributed by atoms with Crippen LogP contribution < -0.4 is 4.90 Å². The Hall–Kier alpha value is -1.60. The molecule has 6 nitrogen and oxygen atoms in total. The molecule has 2 aliphatic heterocycles. The van der Waals surface area contributed by atoms with Crippen molar-refractivity contribution < 1.29 is 17.9 Å². The maximum atomic E-state index is 12.9. The largest absolute Gasteiger partial charge is 0.372 e. The molecular formula is C25H40N2O4S. The standard InChI is InChI=1S/C25H40N2O4S/c1-18-14-26(12-11-22(18)17-32(29,30)25(4,5)6)24(28)13-21-7-9-23(10-8-21)27-15-19(2)31-20(3)16-27/h7-10,18-20,22H,11-17H2,1-6H3/t18?,19-,20+,22?. The van der Waals surface area contributed by atoms with E-state index in [1.54, 1.807) is 20.8 Å². The summed E-state index contributed by atoms with van der Waals surface area (Å²) in [5.41, 5.74) is 2.18. The minimum Gasteiger partial charge on any atom is -0.372 e. The summed E-state index contributed by atoms with van der Waals surface area (Å²) in [6.45, 7) is 14.6. The highest BCUT2D eigenvalue weighted by Gasteiger charge is 2.36. The highest BCUT2D eigenvalue weighted by atomic mass is 32.2. The van der Waals surface area contributed by atoms with Gasteiger partial charge < -0.3 is 14.5 Å². The summed E-state index contributed by atoms with van der Waals surface area (Å²) in [5.74, 6) is 0.619. The molecule has 0 aliphatic carbocycles. The number of hydrogen-bond acceptors (Lipinski definition) is 5. The van der Waals surface area contributed by atoms with Crippen molar-refractivity contribution in [1.29, 1.82) is 0 Å². The van der Waals surface area contributed by atoms with Gasteiger partial charge in [0.2, 0.25) is 5.91 Å². The number of hydrogen-bond donors (Lipinski definition) is 0. The second-order valence-corrected chi connectivity index (χ2v) is 13.6. The van der Waals surface area contributed by atoms with E-state index in [1.807, 2.05) is 17.0 Å². The summed E-state index contributed by atoms with van der Waals surface area (Å²) in [6, 6.07) is 8.29. The molecule has 0 radical (unpaired) electrons. The number of carbonyl (C=O) groups excluding carboxylic acids is 1. The van der Waals surface area contributed by atoms with Gasteiger partial charge in [0.15, 0.2) is 9.84 Å². The van der Waals surface area contributed by atoms with E-state index in [9.17, 15) is 13.2 Å². The number of piperidine rings is 1. The lowest BCUT2D eigenvalue weighted by molar-refractivity contribution is -0.132. The molecule has 180 valence electrons. The maximum Gasteiger partial charge on any atom is 0.226 e. The molecule has 1 amide bonds. The molecule has 0 bridgehead atoms. The minimum absolute atomic E-state index is 0.112. The molecule has 1 aromatic carbocycles. The van der Waals surface area contributed by atoms with Gasteiger partial charge in [-0.15, -0.1) is 0 Å². The fraction of sp³-hybridized carbons (Fsp3) is 0.720. The van der Waals surface area contributed by atoms with Crippen LogP contribution in [0.4, 0.5) is 5.69 Å². The number of morpholine rings is 1. The fourth-order valence-electron chi connectivity index (χ4n) is 4.70. The van der Waals surface area contributed by atoms with Crippen molar-refractivity contribution in [1.82, 2.24) is 4.90 Å². The van der Waals surface area contributed by atoms with Gasteiger partial charge in [0.1, 0.15) is 0 Å². The van der Waals surface area contributed by atoms with E-state index in [0.29, 0.717) is 19.5 Å². The Morgan fingerprint density at radius 1 is 1.03 bits per heavy atom. The van der Waals surface area contributed by atoms with Crippen molar-refractivity contribution in [3.05, 3.63) is 29.8 Å². The van der Waals surface area contributed by atoms with Gasteiger partial charge in [-0.1, -0.05) is 19.1 Å². The van der Waals surface area contributed by atoms with Crippen LogP contribution in [0, 0.1) is 11.8 Å². The van der Waals surface area contributed by atoms with Gasteiger partial charge in [-0.3, -0.25) is 4.79 Å². The summed E-state index contributed by atoms with van der Waals surface area (Å²) in [5, 5.41) is 0. The van der Waals surface area contributed by atoms with Crippen LogP contribution in [0.2, 0.25) is 0 Å². The van der Waals surface area contributed by atoms with Crippen molar-refractivity contribution >= 4 is 21.4 Å². The van der Waals surface area contributed by atoms with Crippen LogP contribution in [-0.2, 0) is 25.8 Å². The number of amides is 1. The zero-order valence-electron chi connectivity index (χ0n) is 20.5. The molecule has 4 atom stereocenters. The molecule has 2 saturated heterocycles. The van der Waals surface area contributed by atoms with Gasteiger partial charge in [0.25, 0.3) is 0 Å². The van der Waals surface area contributed by atoms with E-state index in [1.165, 1.54) is 0 Å². The van der Waals surface area contributed by atoms with E-state index in [-0.39, 0.29) is 35.7 Å². The number of carbonyl (C=O) groups is 1. The van der Waals surface area contributed by atoms with Gasteiger partial charge in [-0.25, -0.2) is 8.42 Å². The average Bonchev–Trinajstić information content (AvgIpc) is 2.68. The van der Waals surface area contributed by atoms with E-state index in [2.05, 4.69) is 37.8 Å². The van der Waals surface area contributed by atoms with Gasteiger partial charge in [-0.2, -0.15) is 0 Å². The molecule has 2 heterocycles. The third-order valence-electron chi connectivity index (χ3n) is 6.88. The van der Waals surface area contributed by atoms with E-state index in [4.69, 9.17) is 4.74 Å². The molecule has 2 aliphatic rings. The predicted molar refractivity (Wildman–Crippen MR) is 130 cm³/mol. The normalized spacial score (nSPS) is 27.4. The molecule has 2 fully saturated rings. The van der Waals surface area contributed by atoms with E-state index in [0.717, 1.165) is 30.8 Å². The average molecular weight is 465 g/mol. The quantitative estimate of drug-likeness (QED) is 0.667. The monoisotopic (exact) mass is 464 g/mol. The third kappa shape index (κ3) is 6.04. The summed E-state index contributed by atoms with van der Waals surface area (Å²) < 4.78 is 30.3. The SMILES string of the molecule is CC1CN(C(=O)Cc2ccc(N3C[C@@H](C)O[C@@H](C)C3)cc2)CCC1CS(=O)(=O)C(C)(C)C. The number of anilines is 1. The van der Waals surface area contributed by atoms with Crippen molar-refractivity contribution in [3.8, 4) is 0 Å². The zero-order valence-corrected chi connectivity index (χ0v) is 21.3. The highest BCUT2D eigenvalue weighted by molar-refractivity contribution is 7.92. The first-order valence-corrected chi connectivity index (χ1v) is 13.5. The molecule has 0 N–H and O–H groups in total. The van der Waals surface area contributed by atoms with Gasteiger partial charge >= 0.3 is 0 Å². The Labute approximate surface area is 194 Å². The smallest absolute Gasteiger partial charge is 0.226 e. The number of sulfone groups is 1. The van der Waals surface area contributed by atoms with E-state index >= 15 is 0 Å². The lowest BCUT2D eigenvalue weighted by Crippen LogP contribution is -2.46. The molecule has 32 heavy (non-hydrogen) atoms. The second-order valence-electron chi connectivity index (χ2n) is 10.8. The molecule has 0 spiro atoms. The number of nitrogens with zero attached hydrogens (tertiary/aromatic N) is 2. The first-order valence-electron chi connectivity index (χ1n) is 11.8.